The van der Waals surface area contributed by atoms with E-state index >= 15 is 0 Å². The summed E-state index contributed by atoms with van der Waals surface area (Å²) in [6, 6.07) is 2.10. The van der Waals surface area contributed by atoms with Crippen molar-refractivity contribution in [3.63, 3.8) is 0 Å². The van der Waals surface area contributed by atoms with E-state index in [9.17, 15) is 4.79 Å². The topological polar surface area (TPSA) is 31.2 Å². The number of rotatable bonds is 3. The van der Waals surface area contributed by atoms with Gasteiger partial charge < -0.3 is 9.30 Å². The van der Waals surface area contributed by atoms with Gasteiger partial charge in [0, 0.05) is 43.1 Å². The van der Waals surface area contributed by atoms with Crippen LogP contribution >= 0.6 is 0 Å². The van der Waals surface area contributed by atoms with Gasteiger partial charge in [-0.3, -0.25) is 4.79 Å². The SMILES string of the molecule is Cc1cc2c(n1CCC1CCOC1)CC(C)(C)CC2=O. The first-order valence-electron chi connectivity index (χ1n) is 7.76. The number of Topliss-reactive ketones (excluding diaryl/α,β-unsaturated/α-hetero) is 1. The van der Waals surface area contributed by atoms with E-state index in [0.29, 0.717) is 18.1 Å². The van der Waals surface area contributed by atoms with Crippen LogP contribution in [0.5, 0.6) is 0 Å². The molecule has 3 heteroatoms. The predicted octanol–water partition coefficient (Wildman–Crippen LogP) is 3.38. The van der Waals surface area contributed by atoms with Crippen molar-refractivity contribution in [1.29, 1.82) is 0 Å². The van der Waals surface area contributed by atoms with Gasteiger partial charge >= 0.3 is 0 Å². The number of nitrogens with zero attached hydrogens (tertiary/aromatic N) is 1. The third-order valence-corrected chi connectivity index (χ3v) is 4.79. The van der Waals surface area contributed by atoms with Crippen LogP contribution in [0.4, 0.5) is 0 Å². The van der Waals surface area contributed by atoms with Crippen LogP contribution < -0.4 is 0 Å². The quantitative estimate of drug-likeness (QED) is 0.847. The van der Waals surface area contributed by atoms with E-state index in [2.05, 4.69) is 31.4 Å². The average Bonchev–Trinajstić information content (AvgIpc) is 2.94. The largest absolute Gasteiger partial charge is 0.381 e. The maximum Gasteiger partial charge on any atom is 0.165 e. The van der Waals surface area contributed by atoms with Crippen LogP contribution in [-0.2, 0) is 17.7 Å². The zero-order chi connectivity index (χ0) is 14.3. The number of hydrogen-bond acceptors (Lipinski definition) is 2. The second-order valence-electron chi connectivity index (χ2n) is 7.26. The zero-order valence-corrected chi connectivity index (χ0v) is 12.9. The Kier molecular flexibility index (Phi) is 3.49. The summed E-state index contributed by atoms with van der Waals surface area (Å²) < 4.78 is 7.84. The molecule has 1 saturated heterocycles. The molecule has 1 aliphatic carbocycles. The Morgan fingerprint density at radius 1 is 1.40 bits per heavy atom. The number of ether oxygens (including phenoxy) is 1. The highest BCUT2D eigenvalue weighted by atomic mass is 16.5. The van der Waals surface area contributed by atoms with Crippen LogP contribution in [0.1, 0.15) is 54.9 Å². The van der Waals surface area contributed by atoms with Crippen LogP contribution in [0, 0.1) is 18.3 Å². The molecular formula is C17H25NO2. The maximum atomic E-state index is 12.3. The summed E-state index contributed by atoms with van der Waals surface area (Å²) in [6.45, 7) is 9.38. The Balaban J connectivity index is 1.82. The molecule has 1 aromatic heterocycles. The number of ketones is 1. The molecule has 0 aromatic carbocycles. The molecule has 0 N–H and O–H groups in total. The van der Waals surface area contributed by atoms with Gasteiger partial charge in [0.25, 0.3) is 0 Å². The normalized spacial score (nSPS) is 24.9. The summed E-state index contributed by atoms with van der Waals surface area (Å²) in [6.07, 6.45) is 4.05. The van der Waals surface area contributed by atoms with E-state index in [1.165, 1.54) is 17.8 Å². The molecule has 1 atom stereocenters. The van der Waals surface area contributed by atoms with Crippen LogP contribution in [0.25, 0.3) is 0 Å². The van der Waals surface area contributed by atoms with Gasteiger partial charge in [-0.15, -0.1) is 0 Å². The molecule has 20 heavy (non-hydrogen) atoms. The van der Waals surface area contributed by atoms with Crippen molar-refractivity contribution in [2.24, 2.45) is 11.3 Å². The van der Waals surface area contributed by atoms with Gasteiger partial charge in [0.05, 0.1) is 0 Å². The lowest BCUT2D eigenvalue weighted by atomic mass is 9.76. The Labute approximate surface area is 121 Å². The van der Waals surface area contributed by atoms with E-state index in [1.54, 1.807) is 0 Å². The summed E-state index contributed by atoms with van der Waals surface area (Å²) in [4.78, 5) is 12.3. The highest BCUT2D eigenvalue weighted by molar-refractivity contribution is 5.99. The first-order valence-corrected chi connectivity index (χ1v) is 7.76. The Hall–Kier alpha value is -1.09. The zero-order valence-electron chi connectivity index (χ0n) is 12.9. The number of aryl methyl sites for hydroxylation is 1. The monoisotopic (exact) mass is 275 g/mol. The van der Waals surface area contributed by atoms with Gasteiger partial charge in [-0.2, -0.15) is 0 Å². The van der Waals surface area contributed by atoms with E-state index in [0.717, 1.165) is 38.2 Å². The number of carbonyl (C=O) groups is 1. The lowest BCUT2D eigenvalue weighted by molar-refractivity contribution is 0.0909. The van der Waals surface area contributed by atoms with Crippen LogP contribution in [0.3, 0.4) is 0 Å². The first kappa shape index (κ1) is 13.9. The fraction of sp³-hybridized carbons (Fsp3) is 0.706. The highest BCUT2D eigenvalue weighted by Crippen LogP contribution is 2.36. The second kappa shape index (κ2) is 5.03. The summed E-state index contributed by atoms with van der Waals surface area (Å²) in [7, 11) is 0. The maximum absolute atomic E-state index is 12.3. The lowest BCUT2D eigenvalue weighted by Gasteiger charge is -2.30. The fourth-order valence-corrected chi connectivity index (χ4v) is 3.64. The van der Waals surface area contributed by atoms with Gasteiger partial charge in [-0.05, 0) is 43.6 Å². The molecule has 0 spiro atoms. The molecule has 2 heterocycles. The van der Waals surface area contributed by atoms with Crippen molar-refractivity contribution in [1.82, 2.24) is 4.57 Å². The minimum absolute atomic E-state index is 0.100. The molecule has 1 fully saturated rings. The molecule has 0 saturated carbocycles. The molecule has 1 unspecified atom stereocenters. The third-order valence-electron chi connectivity index (χ3n) is 4.79. The number of fused-ring (bicyclic) bond motifs is 1. The molecule has 0 bridgehead atoms. The number of aromatic nitrogens is 1. The fourth-order valence-electron chi connectivity index (χ4n) is 3.64. The smallest absolute Gasteiger partial charge is 0.165 e. The average molecular weight is 275 g/mol. The van der Waals surface area contributed by atoms with Crippen LogP contribution in [-0.4, -0.2) is 23.6 Å². The Bertz CT molecular complexity index is 521. The molecule has 2 aliphatic rings. The van der Waals surface area contributed by atoms with E-state index < -0.39 is 0 Å². The second-order valence-corrected chi connectivity index (χ2v) is 7.26. The number of carbonyl (C=O) groups excluding carboxylic acids is 1. The van der Waals surface area contributed by atoms with E-state index in [-0.39, 0.29) is 5.41 Å². The highest BCUT2D eigenvalue weighted by Gasteiger charge is 2.33. The Morgan fingerprint density at radius 2 is 2.20 bits per heavy atom. The molecule has 0 amide bonds. The van der Waals surface area contributed by atoms with Crippen LogP contribution in [0.2, 0.25) is 0 Å². The van der Waals surface area contributed by atoms with Gasteiger partial charge in [-0.1, -0.05) is 13.8 Å². The molecule has 3 nitrogen and oxygen atoms in total. The molecule has 1 aliphatic heterocycles. The van der Waals surface area contributed by atoms with Gasteiger partial charge in [-0.25, -0.2) is 0 Å². The third kappa shape index (κ3) is 2.56. The number of hydrogen-bond donors (Lipinski definition) is 0. The van der Waals surface area contributed by atoms with E-state index in [1.807, 2.05) is 0 Å². The Morgan fingerprint density at radius 3 is 2.90 bits per heavy atom. The molecular weight excluding hydrogens is 250 g/mol. The van der Waals surface area contributed by atoms with Gasteiger partial charge in [0.15, 0.2) is 5.78 Å². The predicted molar refractivity (Wildman–Crippen MR) is 79.1 cm³/mol. The molecule has 1 aromatic rings. The van der Waals surface area contributed by atoms with Crippen molar-refractivity contribution >= 4 is 5.78 Å². The minimum Gasteiger partial charge on any atom is -0.381 e. The molecule has 110 valence electrons. The summed E-state index contributed by atoms with van der Waals surface area (Å²) in [5.74, 6) is 1.02. The summed E-state index contributed by atoms with van der Waals surface area (Å²) in [5, 5.41) is 0. The molecule has 0 radical (unpaired) electrons. The summed E-state index contributed by atoms with van der Waals surface area (Å²) in [5.41, 5.74) is 3.58. The first-order chi connectivity index (χ1) is 9.46. The van der Waals surface area contributed by atoms with Crippen molar-refractivity contribution in [2.45, 2.75) is 53.0 Å². The van der Waals surface area contributed by atoms with Crippen LogP contribution in [0.15, 0.2) is 6.07 Å². The summed E-state index contributed by atoms with van der Waals surface area (Å²) >= 11 is 0. The molecule has 3 rings (SSSR count). The minimum atomic E-state index is 0.100. The lowest BCUT2D eigenvalue weighted by Crippen LogP contribution is -2.28. The standard InChI is InChI=1S/C17H25NO2/c1-12-8-14-15(9-17(2,3)10-16(14)19)18(12)6-4-13-5-7-20-11-13/h8,13H,4-7,9-11H2,1-3H3. The van der Waals surface area contributed by atoms with Gasteiger partial charge in [0.2, 0.25) is 0 Å². The van der Waals surface area contributed by atoms with Crippen molar-refractivity contribution in [3.05, 3.63) is 23.0 Å². The van der Waals surface area contributed by atoms with Crippen molar-refractivity contribution < 1.29 is 9.53 Å². The van der Waals surface area contributed by atoms with Gasteiger partial charge in [0.1, 0.15) is 0 Å². The van der Waals surface area contributed by atoms with E-state index in [4.69, 9.17) is 4.74 Å². The van der Waals surface area contributed by atoms with Crippen molar-refractivity contribution in [2.75, 3.05) is 13.2 Å². The van der Waals surface area contributed by atoms with Crippen molar-refractivity contribution in [3.8, 4) is 0 Å².